The van der Waals surface area contributed by atoms with E-state index < -0.39 is 0 Å². The van der Waals surface area contributed by atoms with Crippen LogP contribution < -0.4 is 10.7 Å². The molecule has 134 valence electrons. The lowest BCUT2D eigenvalue weighted by atomic mass is 10.1. The fourth-order valence-electron chi connectivity index (χ4n) is 2.13. The minimum atomic E-state index is -0.0999. The molecular formula is C17H23N5OS2. The number of amides is 1. The Balaban J connectivity index is 2.02. The van der Waals surface area contributed by atoms with Crippen molar-refractivity contribution in [1.29, 1.82) is 0 Å². The van der Waals surface area contributed by atoms with Crippen molar-refractivity contribution in [2.45, 2.75) is 44.5 Å². The monoisotopic (exact) mass is 377 g/mol. The summed E-state index contributed by atoms with van der Waals surface area (Å²) in [6, 6.07) is 10.1. The number of hydrogen-bond acceptors (Lipinski definition) is 5. The first-order chi connectivity index (χ1) is 12.0. The van der Waals surface area contributed by atoms with Crippen LogP contribution in [0.4, 0.5) is 0 Å². The van der Waals surface area contributed by atoms with E-state index >= 15 is 0 Å². The Morgan fingerprint density at radius 1 is 1.28 bits per heavy atom. The molecule has 0 unspecified atom stereocenters. The average molecular weight is 378 g/mol. The minimum absolute atomic E-state index is 0.0999. The van der Waals surface area contributed by atoms with Gasteiger partial charge in [0.05, 0.1) is 0 Å². The molecule has 0 atom stereocenters. The lowest BCUT2D eigenvalue weighted by Crippen LogP contribution is -2.39. The normalized spacial score (nSPS) is 10.7. The van der Waals surface area contributed by atoms with Gasteiger partial charge in [0.25, 0.3) is 0 Å². The Morgan fingerprint density at radius 3 is 2.64 bits per heavy atom. The highest BCUT2D eigenvalue weighted by Crippen LogP contribution is 2.21. The average Bonchev–Trinajstić information content (AvgIpc) is 2.94. The molecule has 8 heteroatoms. The van der Waals surface area contributed by atoms with Crippen molar-refractivity contribution in [2.75, 3.05) is 5.43 Å². The molecule has 25 heavy (non-hydrogen) atoms. The third-order valence-electron chi connectivity index (χ3n) is 3.29. The molecule has 0 aliphatic heterocycles. The van der Waals surface area contributed by atoms with Gasteiger partial charge in [-0.3, -0.25) is 10.2 Å². The number of rotatable bonds is 7. The Hall–Kier alpha value is -1.93. The molecule has 1 aromatic heterocycles. The molecule has 1 aromatic carbocycles. The van der Waals surface area contributed by atoms with Crippen LogP contribution in [0.25, 0.3) is 0 Å². The number of carbonyl (C=O) groups excluding carboxylic acids is 1. The lowest BCUT2D eigenvalue weighted by Gasteiger charge is -2.14. The Morgan fingerprint density at radius 2 is 2.00 bits per heavy atom. The van der Waals surface area contributed by atoms with E-state index in [2.05, 4.69) is 33.1 Å². The molecule has 2 rings (SSSR count). The number of thioether (sulfide) groups is 1. The molecule has 2 aromatic rings. The largest absolute Gasteiger partial charge is 0.302 e. The van der Waals surface area contributed by atoms with Crippen LogP contribution in [0.15, 0.2) is 35.5 Å². The predicted octanol–water partition coefficient (Wildman–Crippen LogP) is 3.12. The van der Waals surface area contributed by atoms with Crippen molar-refractivity contribution < 1.29 is 4.79 Å². The fraction of sp³-hybridized carbons (Fsp3) is 0.412. The van der Waals surface area contributed by atoms with Gasteiger partial charge in [0.15, 0.2) is 10.9 Å². The number of nitrogens with zero attached hydrogens (tertiary/aromatic N) is 3. The number of carbonyl (C=O) groups is 1. The van der Waals surface area contributed by atoms with Crippen molar-refractivity contribution in [1.82, 2.24) is 20.2 Å². The number of hydrogen-bond donors (Lipinski definition) is 2. The molecule has 0 saturated heterocycles. The third-order valence-corrected chi connectivity index (χ3v) is 4.48. The van der Waals surface area contributed by atoms with Gasteiger partial charge in [-0.05, 0) is 23.7 Å². The van der Waals surface area contributed by atoms with E-state index in [0.29, 0.717) is 18.0 Å². The van der Waals surface area contributed by atoms with Crippen LogP contribution in [0.3, 0.4) is 0 Å². The first-order valence-corrected chi connectivity index (χ1v) is 9.60. The van der Waals surface area contributed by atoms with Gasteiger partial charge in [-0.25, -0.2) is 4.68 Å². The molecular weight excluding hydrogens is 354 g/mol. The van der Waals surface area contributed by atoms with Gasteiger partial charge in [-0.15, -0.1) is 10.2 Å². The number of benzene rings is 1. The van der Waals surface area contributed by atoms with E-state index in [9.17, 15) is 4.79 Å². The van der Waals surface area contributed by atoms with Crippen molar-refractivity contribution in [3.8, 4) is 0 Å². The second-order valence-corrected chi connectivity index (χ2v) is 7.30. The van der Waals surface area contributed by atoms with Crippen LogP contribution in [-0.4, -0.2) is 25.9 Å². The highest BCUT2D eigenvalue weighted by atomic mass is 32.2. The fourth-order valence-corrected chi connectivity index (χ4v) is 3.21. The summed E-state index contributed by atoms with van der Waals surface area (Å²) < 4.78 is 1.74. The first kappa shape index (κ1) is 19.4. The maximum absolute atomic E-state index is 11.9. The Labute approximate surface area is 157 Å². The molecule has 0 bridgehead atoms. The van der Waals surface area contributed by atoms with E-state index in [1.807, 2.05) is 39.0 Å². The van der Waals surface area contributed by atoms with Gasteiger partial charge in [0, 0.05) is 18.6 Å². The quantitative estimate of drug-likeness (QED) is 0.571. The molecule has 0 spiro atoms. The van der Waals surface area contributed by atoms with Crippen molar-refractivity contribution >= 4 is 35.0 Å². The minimum Gasteiger partial charge on any atom is -0.302 e. The predicted molar refractivity (Wildman–Crippen MR) is 105 cm³/mol. The number of nitrogens with one attached hydrogen (secondary N) is 2. The van der Waals surface area contributed by atoms with Gasteiger partial charge >= 0.3 is 0 Å². The van der Waals surface area contributed by atoms with E-state index in [1.54, 1.807) is 16.4 Å². The van der Waals surface area contributed by atoms with E-state index in [1.165, 1.54) is 5.56 Å². The summed E-state index contributed by atoms with van der Waals surface area (Å²) in [7, 11) is 0. The van der Waals surface area contributed by atoms with Crippen LogP contribution in [0, 0.1) is 5.92 Å². The van der Waals surface area contributed by atoms with Gasteiger partial charge < -0.3 is 5.32 Å². The highest BCUT2D eigenvalue weighted by Gasteiger charge is 2.14. The van der Waals surface area contributed by atoms with Gasteiger partial charge in [-0.1, -0.05) is 62.9 Å². The molecule has 0 aliphatic rings. The van der Waals surface area contributed by atoms with E-state index in [-0.39, 0.29) is 16.9 Å². The molecule has 2 N–H and O–H groups in total. The molecule has 6 nitrogen and oxygen atoms in total. The van der Waals surface area contributed by atoms with Crippen molar-refractivity contribution in [3.63, 3.8) is 0 Å². The van der Waals surface area contributed by atoms with Crippen LogP contribution in [-0.2, 0) is 17.0 Å². The summed E-state index contributed by atoms with van der Waals surface area (Å²) in [5.41, 5.74) is 4.22. The van der Waals surface area contributed by atoms with E-state index in [0.717, 1.165) is 11.6 Å². The van der Waals surface area contributed by atoms with Crippen molar-refractivity contribution in [2.24, 2.45) is 5.92 Å². The second kappa shape index (κ2) is 9.53. The number of aryl methyl sites for hydroxylation is 1. The summed E-state index contributed by atoms with van der Waals surface area (Å²) in [6.07, 6.45) is 1.13. The Bertz CT molecular complexity index is 715. The van der Waals surface area contributed by atoms with Crippen LogP contribution in [0.5, 0.6) is 0 Å². The molecule has 0 fully saturated rings. The maximum Gasteiger partial charge on any atom is 0.226 e. The number of aromatic nitrogens is 3. The topological polar surface area (TPSA) is 71.8 Å². The zero-order valence-electron chi connectivity index (χ0n) is 14.7. The lowest BCUT2D eigenvalue weighted by molar-refractivity contribution is -0.120. The number of thiocarbonyl (C=S) groups is 1. The molecule has 0 aliphatic carbocycles. The zero-order chi connectivity index (χ0) is 18.2. The molecule has 1 amide bonds. The molecule has 1 heterocycles. The SMILES string of the molecule is CCc1nnc(SCc2ccccc2)n1NC(=S)NC(=O)CC(C)C. The summed E-state index contributed by atoms with van der Waals surface area (Å²) in [6.45, 7) is 5.97. The van der Waals surface area contributed by atoms with Gasteiger partial charge in [0.2, 0.25) is 11.1 Å². The summed E-state index contributed by atoms with van der Waals surface area (Å²) in [4.78, 5) is 11.9. The summed E-state index contributed by atoms with van der Waals surface area (Å²) >= 11 is 6.81. The maximum atomic E-state index is 11.9. The third kappa shape index (κ3) is 6.13. The second-order valence-electron chi connectivity index (χ2n) is 5.95. The summed E-state index contributed by atoms with van der Waals surface area (Å²) in [5, 5.41) is 12.1. The van der Waals surface area contributed by atoms with Gasteiger partial charge in [-0.2, -0.15) is 0 Å². The standard InChI is InChI=1S/C17H23N5OS2/c1-4-14-19-20-17(25-11-13-8-6-5-7-9-13)22(14)21-16(24)18-15(23)10-12(2)3/h5-9,12H,4,10-11H2,1-3H3,(H2,18,21,23,24). The zero-order valence-corrected chi connectivity index (χ0v) is 16.3. The van der Waals surface area contributed by atoms with Crippen LogP contribution in [0.2, 0.25) is 0 Å². The van der Waals surface area contributed by atoms with E-state index in [4.69, 9.17) is 12.2 Å². The first-order valence-electron chi connectivity index (χ1n) is 8.21. The molecule has 0 saturated carbocycles. The highest BCUT2D eigenvalue weighted by molar-refractivity contribution is 7.98. The molecule has 0 radical (unpaired) electrons. The Kier molecular flexibility index (Phi) is 7.39. The van der Waals surface area contributed by atoms with Gasteiger partial charge in [0.1, 0.15) is 0 Å². The van der Waals surface area contributed by atoms with Crippen LogP contribution in [0.1, 0.15) is 38.6 Å². The van der Waals surface area contributed by atoms with Crippen LogP contribution >= 0.6 is 24.0 Å². The van der Waals surface area contributed by atoms with Crippen molar-refractivity contribution in [3.05, 3.63) is 41.7 Å². The smallest absolute Gasteiger partial charge is 0.226 e. The summed E-state index contributed by atoms with van der Waals surface area (Å²) in [5.74, 6) is 1.71.